The predicted molar refractivity (Wildman–Crippen MR) is 66.4 cm³/mol. The summed E-state index contributed by atoms with van der Waals surface area (Å²) in [6, 6.07) is 4.88. The Kier molecular flexibility index (Phi) is 5.21. The fourth-order valence-electron chi connectivity index (χ4n) is 1.24. The summed E-state index contributed by atoms with van der Waals surface area (Å²) in [5.74, 6) is -0.277. The zero-order valence-corrected chi connectivity index (χ0v) is 10.2. The Balaban J connectivity index is 2.78. The van der Waals surface area contributed by atoms with Crippen LogP contribution in [0.3, 0.4) is 0 Å². The normalized spacial score (nSPS) is 12.0. The molecule has 1 unspecified atom stereocenters. The molecule has 1 aromatic carbocycles. The van der Waals surface area contributed by atoms with Gasteiger partial charge in [-0.05, 0) is 18.2 Å². The van der Waals surface area contributed by atoms with Crippen molar-refractivity contribution in [3.8, 4) is 0 Å². The van der Waals surface area contributed by atoms with Crippen molar-refractivity contribution in [2.75, 3.05) is 25.5 Å². The molecule has 0 heterocycles. The first-order valence-corrected chi connectivity index (χ1v) is 5.50. The fraction of sp³-hybridized carbons (Fsp3) is 0.364. The molecule has 94 valence electrons. The van der Waals surface area contributed by atoms with E-state index in [0.717, 1.165) is 0 Å². The van der Waals surface area contributed by atoms with Gasteiger partial charge in [-0.3, -0.25) is 4.79 Å². The van der Waals surface area contributed by atoms with Gasteiger partial charge in [0.05, 0.1) is 23.3 Å². The van der Waals surface area contributed by atoms with Gasteiger partial charge in [0.15, 0.2) is 0 Å². The van der Waals surface area contributed by atoms with E-state index < -0.39 is 6.10 Å². The van der Waals surface area contributed by atoms with Crippen molar-refractivity contribution in [2.24, 2.45) is 0 Å². The van der Waals surface area contributed by atoms with E-state index in [1.54, 1.807) is 18.2 Å². The van der Waals surface area contributed by atoms with E-state index in [4.69, 9.17) is 16.7 Å². The van der Waals surface area contributed by atoms with Crippen LogP contribution in [-0.2, 0) is 0 Å². The second-order valence-corrected chi connectivity index (χ2v) is 3.90. The molecule has 1 amide bonds. The molecule has 0 aliphatic rings. The zero-order chi connectivity index (χ0) is 12.8. The highest BCUT2D eigenvalue weighted by atomic mass is 35.5. The Labute approximate surface area is 104 Å². The Bertz CT molecular complexity index is 398. The van der Waals surface area contributed by atoms with Crippen LogP contribution in [0.1, 0.15) is 10.4 Å². The Morgan fingerprint density at radius 1 is 1.53 bits per heavy atom. The summed E-state index contributed by atoms with van der Waals surface area (Å²) < 4.78 is 0. The van der Waals surface area contributed by atoms with Crippen molar-refractivity contribution in [3.05, 3.63) is 28.8 Å². The molecule has 0 spiro atoms. The monoisotopic (exact) mass is 258 g/mol. The number of aliphatic hydroxyl groups is 2. The Hall–Kier alpha value is -1.30. The van der Waals surface area contributed by atoms with Crippen LogP contribution in [-0.4, -0.2) is 42.4 Å². The maximum absolute atomic E-state index is 11.5. The molecule has 0 radical (unpaired) electrons. The van der Waals surface area contributed by atoms with Crippen molar-refractivity contribution in [3.63, 3.8) is 0 Å². The molecule has 1 aromatic rings. The number of rotatable bonds is 5. The summed E-state index contributed by atoms with van der Waals surface area (Å²) in [6.45, 7) is -0.117. The highest BCUT2D eigenvalue weighted by Crippen LogP contribution is 2.20. The lowest BCUT2D eigenvalue weighted by atomic mass is 10.2. The van der Waals surface area contributed by atoms with Gasteiger partial charge in [0.25, 0.3) is 5.91 Å². The third-order valence-corrected chi connectivity index (χ3v) is 2.52. The van der Waals surface area contributed by atoms with Crippen molar-refractivity contribution in [1.82, 2.24) is 5.32 Å². The van der Waals surface area contributed by atoms with E-state index in [0.29, 0.717) is 16.3 Å². The summed E-state index contributed by atoms with van der Waals surface area (Å²) in [4.78, 5) is 11.5. The number of amides is 1. The Morgan fingerprint density at radius 3 is 2.82 bits per heavy atom. The highest BCUT2D eigenvalue weighted by Gasteiger charge is 2.10. The van der Waals surface area contributed by atoms with Gasteiger partial charge in [-0.1, -0.05) is 11.6 Å². The number of benzene rings is 1. The van der Waals surface area contributed by atoms with E-state index in [1.165, 1.54) is 7.05 Å². The predicted octanol–water partition coefficient (Wildman–Crippen LogP) is 0.465. The van der Waals surface area contributed by atoms with Gasteiger partial charge in [0, 0.05) is 19.3 Å². The van der Waals surface area contributed by atoms with Crippen molar-refractivity contribution >= 4 is 23.2 Å². The smallest absolute Gasteiger partial charge is 0.252 e. The molecule has 0 saturated heterocycles. The lowest BCUT2D eigenvalue weighted by Gasteiger charge is -2.11. The van der Waals surface area contributed by atoms with Crippen LogP contribution >= 0.6 is 11.6 Å². The molecule has 0 aliphatic heterocycles. The van der Waals surface area contributed by atoms with Crippen molar-refractivity contribution < 1.29 is 15.0 Å². The number of hydrogen-bond acceptors (Lipinski definition) is 4. The molecular formula is C11H15ClN2O3. The molecule has 0 aromatic heterocycles. The van der Waals surface area contributed by atoms with Gasteiger partial charge in [-0.2, -0.15) is 0 Å². The highest BCUT2D eigenvalue weighted by molar-refractivity contribution is 6.34. The molecule has 17 heavy (non-hydrogen) atoms. The van der Waals surface area contributed by atoms with Gasteiger partial charge < -0.3 is 20.8 Å². The average molecular weight is 259 g/mol. The SMILES string of the molecule is CNC(=O)c1cc(NCC(O)CO)ccc1Cl. The summed E-state index contributed by atoms with van der Waals surface area (Å²) in [6.07, 6.45) is -0.839. The lowest BCUT2D eigenvalue weighted by Crippen LogP contribution is -2.23. The molecule has 5 nitrogen and oxygen atoms in total. The van der Waals surface area contributed by atoms with E-state index >= 15 is 0 Å². The van der Waals surface area contributed by atoms with Crippen LogP contribution < -0.4 is 10.6 Å². The summed E-state index contributed by atoms with van der Waals surface area (Å²) in [5, 5.41) is 23.6. The zero-order valence-electron chi connectivity index (χ0n) is 9.40. The van der Waals surface area contributed by atoms with Gasteiger partial charge in [0.2, 0.25) is 0 Å². The molecular weight excluding hydrogens is 244 g/mol. The molecule has 1 rings (SSSR count). The van der Waals surface area contributed by atoms with Crippen LogP contribution in [0.2, 0.25) is 5.02 Å². The van der Waals surface area contributed by atoms with E-state index in [1.807, 2.05) is 0 Å². The number of halogens is 1. The average Bonchev–Trinajstić information content (AvgIpc) is 2.36. The van der Waals surface area contributed by atoms with E-state index in [9.17, 15) is 9.90 Å². The molecule has 1 atom stereocenters. The first-order chi connectivity index (χ1) is 8.08. The summed E-state index contributed by atoms with van der Waals surface area (Å²) in [5.41, 5.74) is 1.01. The Morgan fingerprint density at radius 2 is 2.24 bits per heavy atom. The van der Waals surface area contributed by atoms with Crippen LogP contribution in [0, 0.1) is 0 Å². The minimum absolute atomic E-state index is 0.200. The summed E-state index contributed by atoms with van der Waals surface area (Å²) in [7, 11) is 1.52. The van der Waals surface area contributed by atoms with E-state index in [2.05, 4.69) is 10.6 Å². The van der Waals surface area contributed by atoms with Gasteiger partial charge >= 0.3 is 0 Å². The molecule has 0 fully saturated rings. The summed E-state index contributed by atoms with van der Waals surface area (Å²) >= 11 is 5.88. The fourth-order valence-corrected chi connectivity index (χ4v) is 1.45. The molecule has 0 bridgehead atoms. The van der Waals surface area contributed by atoms with Crippen molar-refractivity contribution in [2.45, 2.75) is 6.10 Å². The largest absolute Gasteiger partial charge is 0.394 e. The first-order valence-electron chi connectivity index (χ1n) is 5.13. The molecule has 6 heteroatoms. The number of aliphatic hydroxyl groups excluding tert-OH is 2. The molecule has 0 saturated carbocycles. The number of anilines is 1. The van der Waals surface area contributed by atoms with Crippen LogP contribution in [0.5, 0.6) is 0 Å². The third kappa shape index (κ3) is 3.89. The van der Waals surface area contributed by atoms with E-state index in [-0.39, 0.29) is 19.1 Å². The number of carbonyl (C=O) groups is 1. The minimum Gasteiger partial charge on any atom is -0.394 e. The molecule has 4 N–H and O–H groups in total. The minimum atomic E-state index is -0.839. The van der Waals surface area contributed by atoms with Gasteiger partial charge in [-0.15, -0.1) is 0 Å². The maximum atomic E-state index is 11.5. The third-order valence-electron chi connectivity index (χ3n) is 2.19. The van der Waals surface area contributed by atoms with Crippen LogP contribution in [0.15, 0.2) is 18.2 Å². The number of nitrogens with one attached hydrogen (secondary N) is 2. The molecule has 0 aliphatic carbocycles. The number of hydrogen-bond donors (Lipinski definition) is 4. The van der Waals surface area contributed by atoms with Crippen LogP contribution in [0.25, 0.3) is 0 Å². The second-order valence-electron chi connectivity index (χ2n) is 3.49. The van der Waals surface area contributed by atoms with Gasteiger partial charge in [-0.25, -0.2) is 0 Å². The van der Waals surface area contributed by atoms with Crippen LogP contribution in [0.4, 0.5) is 5.69 Å². The van der Waals surface area contributed by atoms with Crippen molar-refractivity contribution in [1.29, 1.82) is 0 Å². The quantitative estimate of drug-likeness (QED) is 0.619. The second kappa shape index (κ2) is 6.44. The standard InChI is InChI=1S/C11H15ClN2O3/c1-13-11(17)9-4-7(2-3-10(9)12)14-5-8(16)6-15/h2-4,8,14-16H,5-6H2,1H3,(H,13,17). The maximum Gasteiger partial charge on any atom is 0.252 e. The van der Waals surface area contributed by atoms with Gasteiger partial charge in [0.1, 0.15) is 0 Å². The first kappa shape index (κ1) is 13.8. The topological polar surface area (TPSA) is 81.6 Å². The lowest BCUT2D eigenvalue weighted by molar-refractivity contribution is 0.0963. The number of carbonyl (C=O) groups excluding carboxylic acids is 1.